The van der Waals surface area contributed by atoms with Crippen molar-refractivity contribution in [2.24, 2.45) is 11.7 Å². The lowest BCUT2D eigenvalue weighted by atomic mass is 9.94. The Hall–Kier alpha value is -1.06. The Labute approximate surface area is 104 Å². The van der Waals surface area contributed by atoms with Crippen LogP contribution in [0.4, 0.5) is 0 Å². The first-order chi connectivity index (χ1) is 8.12. The van der Waals surface area contributed by atoms with Crippen molar-refractivity contribution < 1.29 is 9.84 Å². The summed E-state index contributed by atoms with van der Waals surface area (Å²) in [5.74, 6) is 1.11. The third-order valence-electron chi connectivity index (χ3n) is 3.30. The third kappa shape index (κ3) is 3.72. The van der Waals surface area contributed by atoms with E-state index >= 15 is 0 Å². The van der Waals surface area contributed by atoms with Gasteiger partial charge >= 0.3 is 0 Å². The van der Waals surface area contributed by atoms with E-state index in [2.05, 4.69) is 26.0 Å². The summed E-state index contributed by atoms with van der Waals surface area (Å²) in [5.41, 5.74) is 9.43. The lowest BCUT2D eigenvalue weighted by Crippen LogP contribution is -2.19. The van der Waals surface area contributed by atoms with E-state index < -0.39 is 0 Å². The second kappa shape index (κ2) is 6.62. The molecule has 1 rings (SSSR count). The molecule has 1 atom stereocenters. The predicted molar refractivity (Wildman–Crippen MR) is 70.4 cm³/mol. The van der Waals surface area contributed by atoms with Crippen molar-refractivity contribution in [1.82, 2.24) is 0 Å². The van der Waals surface area contributed by atoms with Gasteiger partial charge < -0.3 is 15.6 Å². The zero-order valence-electron chi connectivity index (χ0n) is 11.0. The van der Waals surface area contributed by atoms with Crippen LogP contribution in [0.3, 0.4) is 0 Å². The van der Waals surface area contributed by atoms with E-state index in [1.165, 1.54) is 16.7 Å². The number of hydrogen-bond donors (Lipinski definition) is 2. The number of methoxy groups -OCH3 is 1. The molecule has 1 aromatic carbocycles. The molecule has 3 heteroatoms. The number of nitrogens with two attached hydrogens (primary N) is 1. The van der Waals surface area contributed by atoms with Gasteiger partial charge in [-0.15, -0.1) is 0 Å². The van der Waals surface area contributed by atoms with Crippen LogP contribution >= 0.6 is 0 Å². The molecule has 3 N–H and O–H groups in total. The SMILES string of the molecule is COc1cc(C)c(CCC(CN)CO)c(C)c1. The van der Waals surface area contributed by atoms with Gasteiger partial charge in [-0.3, -0.25) is 0 Å². The summed E-state index contributed by atoms with van der Waals surface area (Å²) < 4.78 is 5.24. The summed E-state index contributed by atoms with van der Waals surface area (Å²) >= 11 is 0. The minimum atomic E-state index is 0.171. The van der Waals surface area contributed by atoms with Crippen LogP contribution in [0.1, 0.15) is 23.1 Å². The third-order valence-corrected chi connectivity index (χ3v) is 3.30. The first-order valence-corrected chi connectivity index (χ1v) is 6.07. The molecule has 3 nitrogen and oxygen atoms in total. The summed E-state index contributed by atoms with van der Waals surface area (Å²) in [6.07, 6.45) is 1.89. The van der Waals surface area contributed by atoms with Gasteiger partial charge in [0.2, 0.25) is 0 Å². The Morgan fingerprint density at radius 3 is 2.29 bits per heavy atom. The average Bonchev–Trinajstić information content (AvgIpc) is 2.32. The Balaban J connectivity index is 2.77. The highest BCUT2D eigenvalue weighted by atomic mass is 16.5. The van der Waals surface area contributed by atoms with Crippen molar-refractivity contribution in [2.75, 3.05) is 20.3 Å². The molecule has 0 heterocycles. The van der Waals surface area contributed by atoms with Gasteiger partial charge in [-0.1, -0.05) is 0 Å². The summed E-state index contributed by atoms with van der Waals surface area (Å²) in [6, 6.07) is 4.11. The first kappa shape index (κ1) is 14.0. The number of aryl methyl sites for hydroxylation is 2. The zero-order chi connectivity index (χ0) is 12.8. The first-order valence-electron chi connectivity index (χ1n) is 6.07. The molecule has 1 unspecified atom stereocenters. The van der Waals surface area contributed by atoms with E-state index in [-0.39, 0.29) is 12.5 Å². The van der Waals surface area contributed by atoms with Crippen molar-refractivity contribution in [1.29, 1.82) is 0 Å². The van der Waals surface area contributed by atoms with Crippen molar-refractivity contribution in [2.45, 2.75) is 26.7 Å². The number of hydrogen-bond acceptors (Lipinski definition) is 3. The van der Waals surface area contributed by atoms with E-state index in [4.69, 9.17) is 15.6 Å². The number of aliphatic hydroxyl groups excluding tert-OH is 1. The fourth-order valence-corrected chi connectivity index (χ4v) is 2.10. The normalized spacial score (nSPS) is 12.5. The Bertz CT molecular complexity index is 336. The molecule has 0 bridgehead atoms. The Kier molecular flexibility index (Phi) is 5.45. The Morgan fingerprint density at radius 2 is 1.88 bits per heavy atom. The van der Waals surface area contributed by atoms with E-state index in [1.54, 1.807) is 7.11 Å². The smallest absolute Gasteiger partial charge is 0.119 e. The van der Waals surface area contributed by atoms with Gasteiger partial charge in [0.05, 0.1) is 7.11 Å². The number of rotatable bonds is 6. The average molecular weight is 237 g/mol. The molecule has 0 spiro atoms. The lowest BCUT2D eigenvalue weighted by Gasteiger charge is -2.15. The van der Waals surface area contributed by atoms with E-state index in [1.807, 2.05) is 0 Å². The second-order valence-corrected chi connectivity index (χ2v) is 4.56. The highest BCUT2D eigenvalue weighted by Gasteiger charge is 2.09. The quantitative estimate of drug-likeness (QED) is 0.793. The van der Waals surface area contributed by atoms with Gasteiger partial charge in [-0.25, -0.2) is 0 Å². The largest absolute Gasteiger partial charge is 0.497 e. The van der Waals surface area contributed by atoms with Crippen LogP contribution < -0.4 is 10.5 Å². The van der Waals surface area contributed by atoms with Gasteiger partial charge in [0, 0.05) is 6.61 Å². The number of aliphatic hydroxyl groups is 1. The second-order valence-electron chi connectivity index (χ2n) is 4.56. The van der Waals surface area contributed by atoms with Gasteiger partial charge in [0.15, 0.2) is 0 Å². The van der Waals surface area contributed by atoms with Crippen molar-refractivity contribution in [3.05, 3.63) is 28.8 Å². The molecule has 0 fully saturated rings. The van der Waals surface area contributed by atoms with Crippen molar-refractivity contribution >= 4 is 0 Å². The molecular formula is C14H23NO2. The molecule has 0 saturated heterocycles. The summed E-state index contributed by atoms with van der Waals surface area (Å²) in [5, 5.41) is 9.12. The molecular weight excluding hydrogens is 214 g/mol. The lowest BCUT2D eigenvalue weighted by molar-refractivity contribution is 0.223. The maximum absolute atomic E-state index is 9.12. The minimum absolute atomic E-state index is 0.171. The maximum atomic E-state index is 9.12. The van der Waals surface area contributed by atoms with Crippen LogP contribution in [-0.4, -0.2) is 25.4 Å². The molecule has 17 heavy (non-hydrogen) atoms. The van der Waals surface area contributed by atoms with E-state index in [0.29, 0.717) is 6.54 Å². The molecule has 0 aromatic heterocycles. The van der Waals surface area contributed by atoms with Gasteiger partial charge in [-0.05, 0) is 68.0 Å². The molecule has 1 aromatic rings. The van der Waals surface area contributed by atoms with Crippen LogP contribution in [0.15, 0.2) is 12.1 Å². The molecule has 0 saturated carbocycles. The van der Waals surface area contributed by atoms with E-state index in [9.17, 15) is 0 Å². The number of ether oxygens (including phenoxy) is 1. The monoisotopic (exact) mass is 237 g/mol. The van der Waals surface area contributed by atoms with Crippen molar-refractivity contribution in [3.8, 4) is 5.75 Å². The Morgan fingerprint density at radius 1 is 1.29 bits per heavy atom. The van der Waals surface area contributed by atoms with Crippen LogP contribution in [0.5, 0.6) is 5.75 Å². The van der Waals surface area contributed by atoms with Crippen LogP contribution in [0.25, 0.3) is 0 Å². The molecule has 0 aliphatic heterocycles. The summed E-state index contributed by atoms with van der Waals surface area (Å²) in [7, 11) is 1.68. The fourth-order valence-electron chi connectivity index (χ4n) is 2.10. The predicted octanol–water partition coefficient (Wildman–Crippen LogP) is 1.81. The molecule has 0 amide bonds. The maximum Gasteiger partial charge on any atom is 0.119 e. The molecule has 0 aliphatic carbocycles. The van der Waals surface area contributed by atoms with Gasteiger partial charge in [-0.2, -0.15) is 0 Å². The van der Waals surface area contributed by atoms with E-state index in [0.717, 1.165) is 18.6 Å². The molecule has 0 radical (unpaired) electrons. The zero-order valence-corrected chi connectivity index (χ0v) is 11.0. The standard InChI is InChI=1S/C14H23NO2/c1-10-6-13(17-3)7-11(2)14(10)5-4-12(8-15)9-16/h6-7,12,16H,4-5,8-9,15H2,1-3H3. The number of benzene rings is 1. The topological polar surface area (TPSA) is 55.5 Å². The molecule has 0 aliphatic rings. The van der Waals surface area contributed by atoms with Gasteiger partial charge in [0.25, 0.3) is 0 Å². The van der Waals surface area contributed by atoms with Crippen LogP contribution in [-0.2, 0) is 6.42 Å². The summed E-state index contributed by atoms with van der Waals surface area (Å²) in [4.78, 5) is 0. The highest BCUT2D eigenvalue weighted by Crippen LogP contribution is 2.23. The van der Waals surface area contributed by atoms with Crippen LogP contribution in [0.2, 0.25) is 0 Å². The fraction of sp³-hybridized carbons (Fsp3) is 0.571. The highest BCUT2D eigenvalue weighted by molar-refractivity contribution is 5.41. The molecule has 96 valence electrons. The van der Waals surface area contributed by atoms with Gasteiger partial charge in [0.1, 0.15) is 5.75 Å². The summed E-state index contributed by atoms with van der Waals surface area (Å²) in [6.45, 7) is 4.91. The minimum Gasteiger partial charge on any atom is -0.497 e. The van der Waals surface area contributed by atoms with Crippen molar-refractivity contribution in [3.63, 3.8) is 0 Å². The van der Waals surface area contributed by atoms with Crippen LogP contribution in [0, 0.1) is 19.8 Å².